The molecule has 2 rings (SSSR count). The smallest absolute Gasteiger partial charge is 0.186 e. The van der Waals surface area contributed by atoms with Crippen molar-refractivity contribution in [1.29, 1.82) is 0 Å². The number of ether oxygens (including phenoxy) is 4. The van der Waals surface area contributed by atoms with Crippen LogP contribution in [0.2, 0.25) is 0 Å². The standard InChI is InChI=1S/C16H30O10/c1-3-7(2)5-23-16-14(22)12(20)11(19)9(26-16)6-24-15-13(21)10(18)8(4-17)25-15/h7-22H,3-6H2,1-2H3/t7-,8-,9-,10-,11-,12+,13-,14-,15+,16-/m0/s1. The maximum Gasteiger partial charge on any atom is 0.186 e. The van der Waals surface area contributed by atoms with Crippen LogP contribution in [0.15, 0.2) is 0 Å². The largest absolute Gasteiger partial charge is 0.394 e. The van der Waals surface area contributed by atoms with E-state index >= 15 is 0 Å². The fourth-order valence-corrected chi connectivity index (χ4v) is 2.76. The van der Waals surface area contributed by atoms with E-state index in [1.807, 2.05) is 13.8 Å². The monoisotopic (exact) mass is 382 g/mol. The second-order valence-corrected chi connectivity index (χ2v) is 6.90. The van der Waals surface area contributed by atoms with E-state index in [0.29, 0.717) is 6.61 Å². The van der Waals surface area contributed by atoms with Crippen LogP contribution in [0.5, 0.6) is 0 Å². The van der Waals surface area contributed by atoms with Gasteiger partial charge in [0.1, 0.15) is 42.7 Å². The number of hydrogen-bond donors (Lipinski definition) is 6. The fraction of sp³-hybridized carbons (Fsp3) is 1.00. The van der Waals surface area contributed by atoms with Gasteiger partial charge in [0.15, 0.2) is 12.6 Å². The summed E-state index contributed by atoms with van der Waals surface area (Å²) in [4.78, 5) is 0. The van der Waals surface area contributed by atoms with Crippen LogP contribution in [0, 0.1) is 5.92 Å². The Bertz CT molecular complexity index is 424. The summed E-state index contributed by atoms with van der Waals surface area (Å²) in [5.41, 5.74) is 0. The van der Waals surface area contributed by atoms with Gasteiger partial charge in [-0.05, 0) is 5.92 Å². The summed E-state index contributed by atoms with van der Waals surface area (Å²) in [6.07, 6.45) is -10.5. The van der Waals surface area contributed by atoms with Gasteiger partial charge in [-0.25, -0.2) is 0 Å². The highest BCUT2D eigenvalue weighted by molar-refractivity contribution is 4.90. The molecule has 0 radical (unpaired) electrons. The van der Waals surface area contributed by atoms with Gasteiger partial charge in [0.2, 0.25) is 0 Å². The molecule has 154 valence electrons. The third kappa shape index (κ3) is 4.90. The highest BCUT2D eigenvalue weighted by atomic mass is 16.7. The summed E-state index contributed by atoms with van der Waals surface area (Å²) in [6, 6.07) is 0. The van der Waals surface area contributed by atoms with Crippen LogP contribution in [-0.2, 0) is 18.9 Å². The Morgan fingerprint density at radius 3 is 1.92 bits per heavy atom. The minimum atomic E-state index is -1.50. The molecular formula is C16H30O10. The molecule has 0 aromatic carbocycles. The van der Waals surface area contributed by atoms with Crippen LogP contribution >= 0.6 is 0 Å². The molecule has 0 saturated carbocycles. The summed E-state index contributed by atoms with van der Waals surface area (Å²) in [7, 11) is 0. The summed E-state index contributed by atoms with van der Waals surface area (Å²) >= 11 is 0. The minimum Gasteiger partial charge on any atom is -0.394 e. The van der Waals surface area contributed by atoms with Crippen molar-refractivity contribution in [2.24, 2.45) is 5.92 Å². The van der Waals surface area contributed by atoms with Gasteiger partial charge in [-0.2, -0.15) is 0 Å². The first-order valence-corrected chi connectivity index (χ1v) is 8.85. The number of aliphatic hydroxyl groups excluding tert-OH is 6. The van der Waals surface area contributed by atoms with E-state index in [1.54, 1.807) is 0 Å². The molecule has 0 aromatic heterocycles. The zero-order valence-corrected chi connectivity index (χ0v) is 14.9. The van der Waals surface area contributed by atoms with Gasteiger partial charge in [0.25, 0.3) is 0 Å². The predicted molar refractivity (Wildman–Crippen MR) is 85.8 cm³/mol. The first kappa shape index (κ1) is 21.9. The Hall–Kier alpha value is -0.400. The quantitative estimate of drug-likeness (QED) is 0.261. The molecule has 2 fully saturated rings. The summed E-state index contributed by atoms with van der Waals surface area (Å²) in [6.45, 7) is 3.48. The second-order valence-electron chi connectivity index (χ2n) is 6.90. The van der Waals surface area contributed by atoms with Gasteiger partial charge in [0.05, 0.1) is 19.8 Å². The van der Waals surface area contributed by atoms with E-state index in [0.717, 1.165) is 6.42 Å². The molecule has 0 spiro atoms. The Balaban J connectivity index is 1.90. The van der Waals surface area contributed by atoms with Crippen LogP contribution in [0.1, 0.15) is 20.3 Å². The lowest BCUT2D eigenvalue weighted by Gasteiger charge is -2.40. The maximum atomic E-state index is 10.1. The molecule has 10 atom stereocenters. The average Bonchev–Trinajstić information content (AvgIpc) is 2.92. The van der Waals surface area contributed by atoms with E-state index in [4.69, 9.17) is 24.1 Å². The summed E-state index contributed by atoms with van der Waals surface area (Å²) in [5, 5.41) is 58.7. The van der Waals surface area contributed by atoms with Crippen LogP contribution in [0.4, 0.5) is 0 Å². The highest BCUT2D eigenvalue weighted by Crippen LogP contribution is 2.26. The van der Waals surface area contributed by atoms with Gasteiger partial charge < -0.3 is 49.6 Å². The van der Waals surface area contributed by atoms with Crippen LogP contribution in [-0.4, -0.2) is 106 Å². The molecule has 0 aromatic rings. The molecule has 26 heavy (non-hydrogen) atoms. The van der Waals surface area contributed by atoms with E-state index in [-0.39, 0.29) is 12.5 Å². The van der Waals surface area contributed by atoms with Crippen molar-refractivity contribution in [2.75, 3.05) is 19.8 Å². The van der Waals surface area contributed by atoms with Gasteiger partial charge in [-0.15, -0.1) is 0 Å². The first-order chi connectivity index (χ1) is 12.3. The molecule has 2 heterocycles. The maximum absolute atomic E-state index is 10.1. The lowest BCUT2D eigenvalue weighted by atomic mass is 9.99. The predicted octanol–water partition coefficient (Wildman–Crippen LogP) is -2.69. The Kier molecular flexibility index (Phi) is 8.16. The topological polar surface area (TPSA) is 158 Å². The lowest BCUT2D eigenvalue weighted by molar-refractivity contribution is -0.311. The molecule has 6 N–H and O–H groups in total. The normalized spacial score (nSPS) is 45.0. The molecule has 0 amide bonds. The van der Waals surface area contributed by atoms with Crippen LogP contribution in [0.3, 0.4) is 0 Å². The van der Waals surface area contributed by atoms with Crippen molar-refractivity contribution in [3.05, 3.63) is 0 Å². The van der Waals surface area contributed by atoms with Crippen molar-refractivity contribution >= 4 is 0 Å². The van der Waals surface area contributed by atoms with Gasteiger partial charge in [0, 0.05) is 0 Å². The molecule has 10 heteroatoms. The van der Waals surface area contributed by atoms with Crippen molar-refractivity contribution in [3.63, 3.8) is 0 Å². The number of rotatable bonds is 8. The van der Waals surface area contributed by atoms with Crippen molar-refractivity contribution < 1.29 is 49.6 Å². The van der Waals surface area contributed by atoms with Crippen LogP contribution < -0.4 is 0 Å². The lowest BCUT2D eigenvalue weighted by Crippen LogP contribution is -2.59. The molecule has 2 saturated heterocycles. The van der Waals surface area contributed by atoms with Crippen LogP contribution in [0.25, 0.3) is 0 Å². The van der Waals surface area contributed by atoms with E-state index < -0.39 is 61.9 Å². The molecule has 0 aliphatic carbocycles. The zero-order valence-electron chi connectivity index (χ0n) is 14.9. The number of hydrogen-bond acceptors (Lipinski definition) is 10. The van der Waals surface area contributed by atoms with Crippen molar-refractivity contribution in [3.8, 4) is 0 Å². The fourth-order valence-electron chi connectivity index (χ4n) is 2.76. The molecule has 2 aliphatic rings. The molecule has 0 bridgehead atoms. The Labute approximate surface area is 151 Å². The average molecular weight is 382 g/mol. The highest BCUT2D eigenvalue weighted by Gasteiger charge is 2.47. The minimum absolute atomic E-state index is 0.225. The summed E-state index contributed by atoms with van der Waals surface area (Å²) in [5.74, 6) is 0.225. The van der Waals surface area contributed by atoms with Gasteiger partial charge >= 0.3 is 0 Å². The Morgan fingerprint density at radius 1 is 0.808 bits per heavy atom. The van der Waals surface area contributed by atoms with E-state index in [9.17, 15) is 25.5 Å². The first-order valence-electron chi connectivity index (χ1n) is 8.85. The van der Waals surface area contributed by atoms with Crippen molar-refractivity contribution in [2.45, 2.75) is 75.6 Å². The Morgan fingerprint density at radius 2 is 1.35 bits per heavy atom. The zero-order chi connectivity index (χ0) is 19.4. The molecule has 2 aliphatic heterocycles. The molecule has 10 nitrogen and oxygen atoms in total. The number of aliphatic hydroxyl groups is 6. The van der Waals surface area contributed by atoms with E-state index in [2.05, 4.69) is 0 Å². The summed E-state index contributed by atoms with van der Waals surface area (Å²) < 4.78 is 21.5. The van der Waals surface area contributed by atoms with Gasteiger partial charge in [-0.1, -0.05) is 20.3 Å². The van der Waals surface area contributed by atoms with E-state index in [1.165, 1.54) is 0 Å². The van der Waals surface area contributed by atoms with Crippen molar-refractivity contribution in [1.82, 2.24) is 0 Å². The molecular weight excluding hydrogens is 352 g/mol. The van der Waals surface area contributed by atoms with Gasteiger partial charge in [-0.3, -0.25) is 0 Å². The SMILES string of the molecule is CC[C@H](C)CO[C@H]1O[C@@H](CO[C@@H]2O[C@@H](CO)[C@H](O)[C@@H]2O)[C@H](O)[C@@H](O)[C@@H]1O. The third-order valence-corrected chi connectivity index (χ3v) is 4.83. The third-order valence-electron chi connectivity index (χ3n) is 4.83. The second kappa shape index (κ2) is 9.69. The molecule has 0 unspecified atom stereocenters.